The van der Waals surface area contributed by atoms with Crippen molar-refractivity contribution in [2.24, 2.45) is 5.41 Å². The predicted octanol–water partition coefficient (Wildman–Crippen LogP) is 2.12. The van der Waals surface area contributed by atoms with Gasteiger partial charge >= 0.3 is 0 Å². The normalized spacial score (nSPS) is 16.9. The van der Waals surface area contributed by atoms with Crippen LogP contribution >= 0.6 is 0 Å². The minimum atomic E-state index is 0.366. The molecule has 6 nitrogen and oxygen atoms in total. The molecule has 6 heteroatoms. The highest BCUT2D eigenvalue weighted by atomic mass is 16.5. The van der Waals surface area contributed by atoms with Crippen molar-refractivity contribution in [2.75, 3.05) is 0 Å². The molecule has 96 valence electrons. The smallest absolute Gasteiger partial charge is 0.227 e. The Morgan fingerprint density at radius 2 is 2.32 bits per heavy atom. The van der Waals surface area contributed by atoms with E-state index < -0.39 is 0 Å². The minimum absolute atomic E-state index is 0.366. The van der Waals surface area contributed by atoms with Crippen LogP contribution in [0.2, 0.25) is 0 Å². The van der Waals surface area contributed by atoms with E-state index in [1.54, 1.807) is 4.52 Å². The summed E-state index contributed by atoms with van der Waals surface area (Å²) in [5.74, 6) is 1.29. The van der Waals surface area contributed by atoms with E-state index in [0.29, 0.717) is 17.1 Å². The van der Waals surface area contributed by atoms with Gasteiger partial charge in [0.1, 0.15) is 6.33 Å². The van der Waals surface area contributed by atoms with Gasteiger partial charge in [-0.1, -0.05) is 12.1 Å². The van der Waals surface area contributed by atoms with Gasteiger partial charge in [0, 0.05) is 12.6 Å². The Bertz CT molecular complexity index is 740. The molecule has 1 saturated carbocycles. The van der Waals surface area contributed by atoms with Crippen molar-refractivity contribution < 1.29 is 4.52 Å². The molecule has 1 fully saturated rings. The van der Waals surface area contributed by atoms with Gasteiger partial charge in [-0.05, 0) is 30.4 Å². The fourth-order valence-corrected chi connectivity index (χ4v) is 2.21. The second kappa shape index (κ2) is 3.63. The first-order valence-electron chi connectivity index (χ1n) is 6.35. The van der Waals surface area contributed by atoms with Crippen molar-refractivity contribution in [3.05, 3.63) is 30.5 Å². The number of nitrogens with zero attached hydrogens (tertiary/aromatic N) is 5. The van der Waals surface area contributed by atoms with Gasteiger partial charge < -0.3 is 4.52 Å². The SMILES string of the molecule is CC1(Cc2nc(-c3cccn4ncnc34)no2)CC1. The molecule has 3 heterocycles. The number of fused-ring (bicyclic) bond motifs is 1. The molecule has 0 atom stereocenters. The van der Waals surface area contributed by atoms with Crippen molar-refractivity contribution >= 4 is 5.65 Å². The molecule has 0 spiro atoms. The van der Waals surface area contributed by atoms with Crippen LogP contribution in [0.5, 0.6) is 0 Å². The van der Waals surface area contributed by atoms with Crippen molar-refractivity contribution in [1.29, 1.82) is 0 Å². The van der Waals surface area contributed by atoms with Crippen LogP contribution in [0.15, 0.2) is 29.2 Å². The van der Waals surface area contributed by atoms with Crippen LogP contribution in [0.1, 0.15) is 25.7 Å². The lowest BCUT2D eigenvalue weighted by atomic mass is 10.1. The lowest BCUT2D eigenvalue weighted by Crippen LogP contribution is -1.99. The van der Waals surface area contributed by atoms with E-state index in [0.717, 1.165) is 17.6 Å². The van der Waals surface area contributed by atoms with E-state index in [2.05, 4.69) is 27.1 Å². The summed E-state index contributed by atoms with van der Waals surface area (Å²) in [4.78, 5) is 8.70. The minimum Gasteiger partial charge on any atom is -0.339 e. The zero-order chi connectivity index (χ0) is 12.9. The van der Waals surface area contributed by atoms with Gasteiger partial charge in [-0.25, -0.2) is 9.50 Å². The molecule has 1 aliphatic carbocycles. The van der Waals surface area contributed by atoms with Crippen molar-refractivity contribution in [1.82, 2.24) is 24.7 Å². The Balaban J connectivity index is 1.74. The number of hydrogen-bond donors (Lipinski definition) is 0. The second-order valence-corrected chi connectivity index (χ2v) is 5.45. The molecule has 4 rings (SSSR count). The molecule has 0 amide bonds. The molecule has 0 radical (unpaired) electrons. The van der Waals surface area contributed by atoms with E-state index >= 15 is 0 Å². The number of rotatable bonds is 3. The summed E-state index contributed by atoms with van der Waals surface area (Å²) >= 11 is 0. The standard InChI is InChI=1S/C13H13N5O/c1-13(4-5-13)7-10-16-11(17-19-10)9-3-2-6-18-12(9)14-8-15-18/h2-3,6,8H,4-5,7H2,1H3. The average Bonchev–Trinajstić information content (AvgIpc) is 2.86. The molecule has 0 aliphatic heterocycles. The molecule has 0 aromatic carbocycles. The van der Waals surface area contributed by atoms with E-state index in [1.807, 2.05) is 18.3 Å². The van der Waals surface area contributed by atoms with Gasteiger partial charge in [-0.15, -0.1) is 0 Å². The molecule has 0 bridgehead atoms. The third kappa shape index (κ3) is 1.80. The molecule has 0 unspecified atom stereocenters. The van der Waals surface area contributed by atoms with Crippen LogP contribution < -0.4 is 0 Å². The maximum absolute atomic E-state index is 5.34. The van der Waals surface area contributed by atoms with Crippen LogP contribution in [0.4, 0.5) is 0 Å². The molecular formula is C13H13N5O. The van der Waals surface area contributed by atoms with Crippen LogP contribution in [0, 0.1) is 5.41 Å². The van der Waals surface area contributed by atoms with Gasteiger partial charge in [0.05, 0.1) is 5.56 Å². The van der Waals surface area contributed by atoms with Crippen molar-refractivity contribution in [2.45, 2.75) is 26.2 Å². The fraction of sp³-hybridized carbons (Fsp3) is 0.385. The maximum atomic E-state index is 5.34. The Morgan fingerprint density at radius 3 is 3.16 bits per heavy atom. The van der Waals surface area contributed by atoms with E-state index in [9.17, 15) is 0 Å². The number of hydrogen-bond acceptors (Lipinski definition) is 5. The van der Waals surface area contributed by atoms with Gasteiger partial charge in [0.25, 0.3) is 0 Å². The summed E-state index contributed by atoms with van der Waals surface area (Å²) in [6.45, 7) is 2.25. The zero-order valence-electron chi connectivity index (χ0n) is 10.6. The number of aromatic nitrogens is 5. The maximum Gasteiger partial charge on any atom is 0.227 e. The lowest BCUT2D eigenvalue weighted by molar-refractivity contribution is 0.353. The summed E-state index contributed by atoms with van der Waals surface area (Å²) in [6.07, 6.45) is 6.70. The van der Waals surface area contributed by atoms with Gasteiger partial charge in [0.15, 0.2) is 5.65 Å². The topological polar surface area (TPSA) is 69.1 Å². The van der Waals surface area contributed by atoms with Gasteiger partial charge in [-0.2, -0.15) is 10.1 Å². The average molecular weight is 255 g/mol. The molecule has 1 aliphatic rings. The third-order valence-corrected chi connectivity index (χ3v) is 3.69. The number of pyridine rings is 1. The first-order valence-corrected chi connectivity index (χ1v) is 6.35. The van der Waals surface area contributed by atoms with Crippen LogP contribution in [-0.2, 0) is 6.42 Å². The second-order valence-electron chi connectivity index (χ2n) is 5.45. The molecular weight excluding hydrogens is 242 g/mol. The lowest BCUT2D eigenvalue weighted by Gasteiger charge is -2.00. The van der Waals surface area contributed by atoms with Crippen LogP contribution in [0.25, 0.3) is 17.0 Å². The van der Waals surface area contributed by atoms with E-state index in [1.165, 1.54) is 19.2 Å². The van der Waals surface area contributed by atoms with E-state index in [-0.39, 0.29) is 0 Å². The van der Waals surface area contributed by atoms with Crippen molar-refractivity contribution in [3.63, 3.8) is 0 Å². The van der Waals surface area contributed by atoms with Crippen LogP contribution in [-0.4, -0.2) is 24.7 Å². The summed E-state index contributed by atoms with van der Waals surface area (Å²) < 4.78 is 7.04. The molecule has 0 saturated heterocycles. The molecule has 19 heavy (non-hydrogen) atoms. The largest absolute Gasteiger partial charge is 0.339 e. The first-order chi connectivity index (χ1) is 9.23. The first kappa shape index (κ1) is 10.7. The molecule has 3 aromatic heterocycles. The van der Waals surface area contributed by atoms with Gasteiger partial charge in [0.2, 0.25) is 11.7 Å². The zero-order valence-corrected chi connectivity index (χ0v) is 10.6. The Kier molecular flexibility index (Phi) is 2.04. The quantitative estimate of drug-likeness (QED) is 0.717. The van der Waals surface area contributed by atoms with E-state index in [4.69, 9.17) is 4.52 Å². The summed E-state index contributed by atoms with van der Waals surface area (Å²) in [5.41, 5.74) is 1.95. The highest BCUT2D eigenvalue weighted by Crippen LogP contribution is 2.47. The van der Waals surface area contributed by atoms with Gasteiger partial charge in [-0.3, -0.25) is 0 Å². The predicted molar refractivity (Wildman–Crippen MR) is 67.3 cm³/mol. The summed E-state index contributed by atoms with van der Waals surface area (Å²) in [5, 5.41) is 8.16. The Labute approximate surface area is 109 Å². The third-order valence-electron chi connectivity index (χ3n) is 3.69. The Hall–Kier alpha value is -2.24. The highest BCUT2D eigenvalue weighted by molar-refractivity contribution is 5.71. The Morgan fingerprint density at radius 1 is 1.42 bits per heavy atom. The monoisotopic (exact) mass is 255 g/mol. The highest BCUT2D eigenvalue weighted by Gasteiger charge is 2.39. The molecule has 0 N–H and O–H groups in total. The summed E-state index contributed by atoms with van der Waals surface area (Å²) in [6, 6.07) is 3.83. The molecule has 3 aromatic rings. The van der Waals surface area contributed by atoms with Crippen molar-refractivity contribution in [3.8, 4) is 11.4 Å². The summed E-state index contributed by atoms with van der Waals surface area (Å²) in [7, 11) is 0. The fourth-order valence-electron chi connectivity index (χ4n) is 2.21. The van der Waals surface area contributed by atoms with Crippen LogP contribution in [0.3, 0.4) is 0 Å².